The van der Waals surface area contributed by atoms with Gasteiger partial charge in [0.15, 0.2) is 0 Å². The van der Waals surface area contributed by atoms with Crippen LogP contribution in [-0.4, -0.2) is 13.4 Å². The lowest BCUT2D eigenvalue weighted by atomic mass is 10.2. The predicted molar refractivity (Wildman–Crippen MR) is 78.5 cm³/mol. The third-order valence-electron chi connectivity index (χ3n) is 3.11. The van der Waals surface area contributed by atoms with Crippen molar-refractivity contribution in [1.82, 2.24) is 9.71 Å². The topological polar surface area (TPSA) is 85.1 Å². The summed E-state index contributed by atoms with van der Waals surface area (Å²) in [6.45, 7) is 3.37. The molecular formula is C14H16FN3O2S. The van der Waals surface area contributed by atoms with Crippen LogP contribution in [0.2, 0.25) is 0 Å². The maximum absolute atomic E-state index is 13.5. The van der Waals surface area contributed by atoms with Crippen molar-refractivity contribution in [3.05, 3.63) is 53.1 Å². The molecule has 0 aliphatic carbocycles. The minimum absolute atomic E-state index is 0.0608. The van der Waals surface area contributed by atoms with E-state index in [4.69, 9.17) is 5.73 Å². The van der Waals surface area contributed by atoms with Gasteiger partial charge in [0.05, 0.1) is 22.8 Å². The first-order valence-corrected chi connectivity index (χ1v) is 7.75. The van der Waals surface area contributed by atoms with Crippen molar-refractivity contribution in [2.75, 3.05) is 5.73 Å². The maximum Gasteiger partial charge on any atom is 0.241 e. The smallest absolute Gasteiger partial charge is 0.241 e. The number of nitrogens with two attached hydrogens (primary N) is 1. The summed E-state index contributed by atoms with van der Waals surface area (Å²) in [5.41, 5.74) is 6.98. The van der Waals surface area contributed by atoms with Crippen LogP contribution in [0.1, 0.15) is 16.8 Å². The van der Waals surface area contributed by atoms with Crippen LogP contribution in [0, 0.1) is 19.7 Å². The molecule has 7 heteroatoms. The molecule has 0 atom stereocenters. The van der Waals surface area contributed by atoms with Crippen molar-refractivity contribution in [1.29, 1.82) is 0 Å². The number of aromatic nitrogens is 1. The van der Waals surface area contributed by atoms with Crippen molar-refractivity contribution in [2.45, 2.75) is 25.3 Å². The summed E-state index contributed by atoms with van der Waals surface area (Å²) in [5, 5.41) is 0. The zero-order chi connectivity index (χ0) is 15.6. The molecule has 3 N–H and O–H groups in total. The monoisotopic (exact) mass is 309 g/mol. The van der Waals surface area contributed by atoms with Crippen LogP contribution in [0.25, 0.3) is 0 Å². The van der Waals surface area contributed by atoms with Crippen LogP contribution in [-0.2, 0) is 16.6 Å². The van der Waals surface area contributed by atoms with Gasteiger partial charge in [-0.1, -0.05) is 6.07 Å². The Morgan fingerprint density at radius 3 is 2.62 bits per heavy atom. The number of halogens is 1. The Kier molecular flexibility index (Phi) is 4.24. The number of sulfonamides is 1. The molecule has 1 aromatic carbocycles. The van der Waals surface area contributed by atoms with Crippen molar-refractivity contribution < 1.29 is 12.8 Å². The van der Waals surface area contributed by atoms with Crippen LogP contribution < -0.4 is 10.5 Å². The van der Waals surface area contributed by atoms with Crippen LogP contribution in [0.15, 0.2) is 35.4 Å². The van der Waals surface area contributed by atoms with E-state index in [0.717, 1.165) is 11.6 Å². The summed E-state index contributed by atoms with van der Waals surface area (Å²) >= 11 is 0. The third-order valence-corrected chi connectivity index (χ3v) is 4.49. The van der Waals surface area contributed by atoms with Gasteiger partial charge in [-0.2, -0.15) is 0 Å². The molecule has 0 saturated heterocycles. The molecule has 21 heavy (non-hydrogen) atoms. The van der Waals surface area contributed by atoms with Crippen LogP contribution in [0.5, 0.6) is 0 Å². The van der Waals surface area contributed by atoms with Gasteiger partial charge in [0.25, 0.3) is 0 Å². The molecule has 2 aromatic rings. The van der Waals surface area contributed by atoms with Gasteiger partial charge < -0.3 is 5.73 Å². The number of rotatable bonds is 4. The van der Waals surface area contributed by atoms with Gasteiger partial charge in [-0.05, 0) is 43.2 Å². The predicted octanol–water partition coefficient (Wildman–Crippen LogP) is 1.90. The van der Waals surface area contributed by atoms with Gasteiger partial charge in [0.1, 0.15) is 5.82 Å². The molecule has 112 valence electrons. The molecule has 0 amide bonds. The summed E-state index contributed by atoms with van der Waals surface area (Å²) in [4.78, 5) is 4.05. The Balaban J connectivity index is 2.25. The normalized spacial score (nSPS) is 11.6. The highest BCUT2D eigenvalue weighted by atomic mass is 32.2. The summed E-state index contributed by atoms with van der Waals surface area (Å²) in [6.07, 6.45) is 1.59. The second-order valence-corrected chi connectivity index (χ2v) is 6.50. The number of benzene rings is 1. The molecular weight excluding hydrogens is 293 g/mol. The molecule has 5 nitrogen and oxygen atoms in total. The molecule has 0 unspecified atom stereocenters. The largest absolute Gasteiger partial charge is 0.396 e. The molecule has 0 bridgehead atoms. The third kappa shape index (κ3) is 3.37. The lowest BCUT2D eigenvalue weighted by Gasteiger charge is -2.10. The number of hydrogen-bond acceptors (Lipinski definition) is 4. The van der Waals surface area contributed by atoms with E-state index in [1.54, 1.807) is 12.3 Å². The van der Waals surface area contributed by atoms with Gasteiger partial charge in [0.2, 0.25) is 10.0 Å². The molecule has 1 aromatic heterocycles. The first-order chi connectivity index (χ1) is 9.81. The van der Waals surface area contributed by atoms with Gasteiger partial charge in [-0.25, -0.2) is 17.5 Å². The van der Waals surface area contributed by atoms with Crippen molar-refractivity contribution in [3.8, 4) is 0 Å². The van der Waals surface area contributed by atoms with E-state index in [-0.39, 0.29) is 22.7 Å². The maximum atomic E-state index is 13.5. The molecule has 0 saturated carbocycles. The molecule has 1 heterocycles. The summed E-state index contributed by atoms with van der Waals surface area (Å²) in [7, 11) is -3.77. The highest BCUT2D eigenvalue weighted by Crippen LogP contribution is 2.21. The van der Waals surface area contributed by atoms with Gasteiger partial charge >= 0.3 is 0 Å². The Morgan fingerprint density at radius 1 is 1.29 bits per heavy atom. The van der Waals surface area contributed by atoms with E-state index in [1.165, 1.54) is 13.0 Å². The molecule has 0 fully saturated rings. The Morgan fingerprint density at radius 2 is 2.00 bits per heavy atom. The summed E-state index contributed by atoms with van der Waals surface area (Å²) in [6, 6.07) is 5.98. The lowest BCUT2D eigenvalue weighted by Crippen LogP contribution is -2.24. The fourth-order valence-electron chi connectivity index (χ4n) is 1.87. The van der Waals surface area contributed by atoms with E-state index < -0.39 is 15.8 Å². The average Bonchev–Trinajstić information content (AvgIpc) is 2.43. The van der Waals surface area contributed by atoms with E-state index >= 15 is 0 Å². The highest BCUT2D eigenvalue weighted by molar-refractivity contribution is 7.89. The van der Waals surface area contributed by atoms with E-state index in [2.05, 4.69) is 9.71 Å². The molecule has 0 aliphatic rings. The number of nitrogens with one attached hydrogen (secondary N) is 1. The number of pyridine rings is 1. The van der Waals surface area contributed by atoms with E-state index in [0.29, 0.717) is 5.69 Å². The molecule has 0 spiro atoms. The first kappa shape index (κ1) is 15.4. The molecule has 0 aliphatic heterocycles. The Hall–Kier alpha value is -1.99. The highest BCUT2D eigenvalue weighted by Gasteiger charge is 2.17. The standard InChI is InChI=1S/C14H16FN3O2S/c1-9-4-3-5-17-13(9)8-18-21(19,20)11-6-10(2)14(15)12(16)7-11/h3-7,18H,8,16H2,1-2H3. The second kappa shape index (κ2) is 5.79. The SMILES string of the molecule is Cc1cccnc1CNS(=O)(=O)c1cc(C)c(F)c(N)c1. The van der Waals surface area contributed by atoms with Crippen LogP contribution in [0.4, 0.5) is 10.1 Å². The van der Waals surface area contributed by atoms with Gasteiger partial charge in [-0.15, -0.1) is 0 Å². The molecule has 0 radical (unpaired) electrons. The minimum atomic E-state index is -3.77. The average molecular weight is 309 g/mol. The van der Waals surface area contributed by atoms with Crippen LogP contribution >= 0.6 is 0 Å². The number of nitrogen functional groups attached to an aromatic ring is 1. The number of aryl methyl sites for hydroxylation is 2. The number of hydrogen-bond donors (Lipinski definition) is 2. The minimum Gasteiger partial charge on any atom is -0.396 e. The Labute approximate surface area is 123 Å². The lowest BCUT2D eigenvalue weighted by molar-refractivity contribution is 0.579. The van der Waals surface area contributed by atoms with Gasteiger partial charge in [-0.3, -0.25) is 4.98 Å². The van der Waals surface area contributed by atoms with E-state index in [1.807, 2.05) is 13.0 Å². The first-order valence-electron chi connectivity index (χ1n) is 6.27. The van der Waals surface area contributed by atoms with Crippen LogP contribution in [0.3, 0.4) is 0 Å². The Bertz CT molecular complexity index is 753. The summed E-state index contributed by atoms with van der Waals surface area (Å²) in [5.74, 6) is -0.602. The fraction of sp³-hybridized carbons (Fsp3) is 0.214. The molecule has 2 rings (SSSR count). The van der Waals surface area contributed by atoms with Crippen molar-refractivity contribution >= 4 is 15.7 Å². The number of anilines is 1. The van der Waals surface area contributed by atoms with Crippen molar-refractivity contribution in [3.63, 3.8) is 0 Å². The van der Waals surface area contributed by atoms with Crippen molar-refractivity contribution in [2.24, 2.45) is 0 Å². The van der Waals surface area contributed by atoms with E-state index in [9.17, 15) is 12.8 Å². The second-order valence-electron chi connectivity index (χ2n) is 4.73. The number of nitrogens with zero attached hydrogens (tertiary/aromatic N) is 1. The zero-order valence-electron chi connectivity index (χ0n) is 11.7. The fourth-order valence-corrected chi connectivity index (χ4v) is 2.98. The zero-order valence-corrected chi connectivity index (χ0v) is 12.5. The van der Waals surface area contributed by atoms with Gasteiger partial charge in [0, 0.05) is 6.20 Å². The summed E-state index contributed by atoms with van der Waals surface area (Å²) < 4.78 is 40.3. The quantitative estimate of drug-likeness (QED) is 0.845.